The van der Waals surface area contributed by atoms with Gasteiger partial charge in [0.2, 0.25) is 0 Å². The van der Waals surface area contributed by atoms with Gasteiger partial charge in [0, 0.05) is 17.1 Å². The van der Waals surface area contributed by atoms with Gasteiger partial charge in [-0.15, -0.1) is 0 Å². The Morgan fingerprint density at radius 3 is 2.48 bits per heavy atom. The average Bonchev–Trinajstić information content (AvgIpc) is 2.70. The lowest BCUT2D eigenvalue weighted by molar-refractivity contribution is 0.102. The van der Waals surface area contributed by atoms with Crippen molar-refractivity contribution in [1.29, 1.82) is 0 Å². The van der Waals surface area contributed by atoms with Gasteiger partial charge in [-0.25, -0.2) is 9.97 Å². The summed E-state index contributed by atoms with van der Waals surface area (Å²) in [6.07, 6.45) is 1.58. The molecule has 4 aromatic rings. The van der Waals surface area contributed by atoms with E-state index in [1.165, 1.54) is 0 Å². The van der Waals surface area contributed by atoms with Gasteiger partial charge in [0.1, 0.15) is 0 Å². The monoisotopic (exact) mass is 373 g/mol. The molecular formula is C22H16ClN3O. The van der Waals surface area contributed by atoms with Crippen LogP contribution in [-0.2, 0) is 0 Å². The maximum atomic E-state index is 13.2. The second-order valence-corrected chi connectivity index (χ2v) is 6.50. The number of carbonyl (C=O) groups is 1. The Kier molecular flexibility index (Phi) is 4.57. The highest BCUT2D eigenvalue weighted by molar-refractivity contribution is 6.32. The number of benzene rings is 2. The number of hydrogen-bond acceptors (Lipinski definition) is 3. The predicted octanol–water partition coefficient (Wildman–Crippen LogP) is 5.51. The highest BCUT2D eigenvalue weighted by Gasteiger charge is 2.19. The fourth-order valence-electron chi connectivity index (χ4n) is 3.14. The molecule has 27 heavy (non-hydrogen) atoms. The summed E-state index contributed by atoms with van der Waals surface area (Å²) < 4.78 is 0. The summed E-state index contributed by atoms with van der Waals surface area (Å²) in [5, 5.41) is 3.93. The Hall–Kier alpha value is -3.24. The number of pyridine rings is 2. The Morgan fingerprint density at radius 1 is 0.963 bits per heavy atom. The zero-order chi connectivity index (χ0) is 18.8. The summed E-state index contributed by atoms with van der Waals surface area (Å²) in [6.45, 7) is 1.92. The van der Waals surface area contributed by atoms with E-state index in [9.17, 15) is 4.79 Å². The van der Waals surface area contributed by atoms with Crippen molar-refractivity contribution in [2.75, 3.05) is 5.32 Å². The van der Waals surface area contributed by atoms with Crippen LogP contribution in [0.3, 0.4) is 0 Å². The molecule has 1 N–H and O–H groups in total. The van der Waals surface area contributed by atoms with Gasteiger partial charge in [0.15, 0.2) is 5.15 Å². The van der Waals surface area contributed by atoms with Gasteiger partial charge in [-0.1, -0.05) is 60.1 Å². The molecule has 2 heterocycles. The lowest BCUT2D eigenvalue weighted by Gasteiger charge is -2.15. The van der Waals surface area contributed by atoms with E-state index in [2.05, 4.69) is 10.3 Å². The van der Waals surface area contributed by atoms with E-state index in [0.29, 0.717) is 11.3 Å². The number of rotatable bonds is 3. The minimum Gasteiger partial charge on any atom is -0.319 e. The van der Waals surface area contributed by atoms with Crippen molar-refractivity contribution >= 4 is 34.1 Å². The van der Waals surface area contributed by atoms with Crippen LogP contribution in [0.1, 0.15) is 15.9 Å². The summed E-state index contributed by atoms with van der Waals surface area (Å²) in [4.78, 5) is 22.0. The Labute approximate surface area is 161 Å². The number of hydrogen-bond donors (Lipinski definition) is 1. The van der Waals surface area contributed by atoms with Crippen molar-refractivity contribution in [2.45, 2.75) is 6.92 Å². The number of aromatic nitrogens is 2. The minimum atomic E-state index is -0.238. The van der Waals surface area contributed by atoms with Crippen LogP contribution in [0.5, 0.6) is 0 Å². The topological polar surface area (TPSA) is 54.9 Å². The molecule has 132 valence electrons. The van der Waals surface area contributed by atoms with Crippen LogP contribution in [0.15, 0.2) is 72.9 Å². The van der Waals surface area contributed by atoms with E-state index in [1.54, 1.807) is 18.3 Å². The first-order valence-corrected chi connectivity index (χ1v) is 8.89. The van der Waals surface area contributed by atoms with E-state index in [0.717, 1.165) is 27.7 Å². The fraction of sp³-hybridized carbons (Fsp3) is 0.0455. The van der Waals surface area contributed by atoms with Crippen molar-refractivity contribution in [3.8, 4) is 11.3 Å². The second kappa shape index (κ2) is 7.17. The lowest BCUT2D eigenvalue weighted by Crippen LogP contribution is -2.15. The zero-order valence-corrected chi connectivity index (χ0v) is 15.4. The second-order valence-electron chi connectivity index (χ2n) is 6.14. The molecule has 1 amide bonds. The molecular weight excluding hydrogens is 358 g/mol. The SMILES string of the molecule is Cc1c(-c2ccccc2)nc2ccccc2c1C(=O)Nc1cccnc1Cl. The van der Waals surface area contributed by atoms with Crippen LogP contribution in [0, 0.1) is 6.92 Å². The van der Waals surface area contributed by atoms with Crippen molar-refractivity contribution in [3.05, 3.63) is 89.2 Å². The lowest BCUT2D eigenvalue weighted by atomic mass is 9.97. The number of carbonyl (C=O) groups excluding carboxylic acids is 1. The predicted molar refractivity (Wildman–Crippen MR) is 109 cm³/mol. The number of nitrogens with zero attached hydrogens (tertiary/aromatic N) is 2. The first kappa shape index (κ1) is 17.2. The quantitative estimate of drug-likeness (QED) is 0.481. The number of amides is 1. The number of anilines is 1. The number of halogens is 1. The Balaban J connectivity index is 1.89. The number of para-hydroxylation sites is 1. The van der Waals surface area contributed by atoms with Gasteiger partial charge >= 0.3 is 0 Å². The van der Waals surface area contributed by atoms with Gasteiger partial charge in [0.05, 0.1) is 22.5 Å². The van der Waals surface area contributed by atoms with Crippen LogP contribution in [0.25, 0.3) is 22.2 Å². The Morgan fingerprint density at radius 2 is 1.70 bits per heavy atom. The molecule has 0 saturated carbocycles. The molecule has 0 atom stereocenters. The molecule has 0 saturated heterocycles. The molecule has 0 bridgehead atoms. The molecule has 0 fully saturated rings. The van der Waals surface area contributed by atoms with E-state index in [-0.39, 0.29) is 11.1 Å². The van der Waals surface area contributed by atoms with Gasteiger partial charge in [-0.3, -0.25) is 4.79 Å². The summed E-state index contributed by atoms with van der Waals surface area (Å²) in [5.74, 6) is -0.238. The Bertz CT molecular complexity index is 1140. The molecule has 4 nitrogen and oxygen atoms in total. The molecule has 5 heteroatoms. The largest absolute Gasteiger partial charge is 0.319 e. The molecule has 2 aromatic heterocycles. The fourth-order valence-corrected chi connectivity index (χ4v) is 3.31. The summed E-state index contributed by atoms with van der Waals surface area (Å²) in [7, 11) is 0. The molecule has 0 aliphatic carbocycles. The van der Waals surface area contributed by atoms with E-state index in [1.807, 2.05) is 61.5 Å². The molecule has 0 aliphatic rings. The molecule has 0 aliphatic heterocycles. The number of fused-ring (bicyclic) bond motifs is 1. The van der Waals surface area contributed by atoms with Gasteiger partial charge in [-0.05, 0) is 30.7 Å². The zero-order valence-electron chi connectivity index (χ0n) is 14.6. The van der Waals surface area contributed by atoms with Crippen LogP contribution >= 0.6 is 11.6 Å². The summed E-state index contributed by atoms with van der Waals surface area (Å²) >= 11 is 6.10. The van der Waals surface area contributed by atoms with Gasteiger partial charge in [0.25, 0.3) is 5.91 Å². The third kappa shape index (κ3) is 3.27. The van der Waals surface area contributed by atoms with Crippen molar-refractivity contribution in [1.82, 2.24) is 9.97 Å². The van der Waals surface area contributed by atoms with Crippen LogP contribution in [0.4, 0.5) is 5.69 Å². The van der Waals surface area contributed by atoms with Gasteiger partial charge < -0.3 is 5.32 Å². The van der Waals surface area contributed by atoms with E-state index < -0.39 is 0 Å². The molecule has 2 aromatic carbocycles. The first-order chi connectivity index (χ1) is 13.1. The molecule has 0 radical (unpaired) electrons. The van der Waals surface area contributed by atoms with Crippen LogP contribution in [-0.4, -0.2) is 15.9 Å². The smallest absolute Gasteiger partial charge is 0.256 e. The maximum Gasteiger partial charge on any atom is 0.256 e. The highest BCUT2D eigenvalue weighted by Crippen LogP contribution is 2.30. The highest BCUT2D eigenvalue weighted by atomic mass is 35.5. The third-order valence-electron chi connectivity index (χ3n) is 4.42. The summed E-state index contributed by atoms with van der Waals surface area (Å²) in [5.41, 5.74) is 4.40. The molecule has 0 unspecified atom stereocenters. The average molecular weight is 374 g/mol. The van der Waals surface area contributed by atoms with Crippen molar-refractivity contribution < 1.29 is 4.79 Å². The van der Waals surface area contributed by atoms with E-state index in [4.69, 9.17) is 16.6 Å². The normalized spacial score (nSPS) is 10.7. The first-order valence-electron chi connectivity index (χ1n) is 8.52. The van der Waals surface area contributed by atoms with E-state index >= 15 is 0 Å². The van der Waals surface area contributed by atoms with Crippen molar-refractivity contribution in [3.63, 3.8) is 0 Å². The molecule has 4 rings (SSSR count). The molecule has 0 spiro atoms. The van der Waals surface area contributed by atoms with Gasteiger partial charge in [-0.2, -0.15) is 0 Å². The number of nitrogens with one attached hydrogen (secondary N) is 1. The third-order valence-corrected chi connectivity index (χ3v) is 4.72. The maximum absolute atomic E-state index is 13.2. The minimum absolute atomic E-state index is 0.238. The van der Waals surface area contributed by atoms with Crippen molar-refractivity contribution in [2.24, 2.45) is 0 Å². The standard InChI is InChI=1S/C22H16ClN3O/c1-14-19(22(27)26-18-12-7-13-24-21(18)23)16-10-5-6-11-17(16)25-20(14)15-8-3-2-4-9-15/h2-13H,1H3,(H,26,27). The van der Waals surface area contributed by atoms with Crippen LogP contribution < -0.4 is 5.32 Å². The summed E-state index contributed by atoms with van der Waals surface area (Å²) in [6, 6.07) is 20.9. The van der Waals surface area contributed by atoms with Crippen LogP contribution in [0.2, 0.25) is 5.15 Å².